The average molecular weight is 233 g/mol. The Morgan fingerprint density at radius 1 is 1.44 bits per heavy atom. The van der Waals surface area contributed by atoms with Crippen LogP contribution in [-0.2, 0) is 9.53 Å². The molecular weight excluding hydrogens is 218 g/mol. The predicted molar refractivity (Wildman–Crippen MR) is 53.8 cm³/mol. The molecule has 0 saturated carbocycles. The molecule has 92 valence electrons. The Balaban J connectivity index is 3.62. The van der Waals surface area contributed by atoms with E-state index in [0.717, 1.165) is 0 Å². The zero-order valence-corrected chi connectivity index (χ0v) is 8.93. The van der Waals surface area contributed by atoms with Crippen LogP contribution in [0.1, 0.15) is 6.42 Å². The van der Waals surface area contributed by atoms with Gasteiger partial charge in [0, 0.05) is 13.6 Å². The molecule has 0 rings (SSSR count). The van der Waals surface area contributed by atoms with Gasteiger partial charge in [-0.2, -0.15) is 0 Å². The van der Waals surface area contributed by atoms with Gasteiger partial charge in [0.05, 0.1) is 13.0 Å². The van der Waals surface area contributed by atoms with Crippen LogP contribution in [0.15, 0.2) is 0 Å². The normalized spacial score (nSPS) is 9.31. The van der Waals surface area contributed by atoms with Crippen LogP contribution in [0, 0.1) is 0 Å². The lowest BCUT2D eigenvalue weighted by Gasteiger charge is -2.16. The SMILES string of the molecule is CN(CCC(=O)O)C(=O)NCCOC(N)=O. The van der Waals surface area contributed by atoms with Crippen molar-refractivity contribution in [3.63, 3.8) is 0 Å². The first-order valence-corrected chi connectivity index (χ1v) is 4.56. The number of hydrogen-bond donors (Lipinski definition) is 3. The molecule has 0 saturated heterocycles. The molecule has 0 unspecified atom stereocenters. The Hall–Kier alpha value is -1.99. The summed E-state index contributed by atoms with van der Waals surface area (Å²) in [6, 6.07) is -0.436. The highest BCUT2D eigenvalue weighted by atomic mass is 16.5. The lowest BCUT2D eigenvalue weighted by molar-refractivity contribution is -0.137. The molecule has 0 atom stereocenters. The molecule has 0 fully saturated rings. The molecule has 0 aromatic carbocycles. The molecule has 0 bridgehead atoms. The van der Waals surface area contributed by atoms with Gasteiger partial charge in [-0.3, -0.25) is 4.79 Å². The second-order valence-corrected chi connectivity index (χ2v) is 2.96. The maximum Gasteiger partial charge on any atom is 0.404 e. The second-order valence-electron chi connectivity index (χ2n) is 2.96. The van der Waals surface area contributed by atoms with E-state index >= 15 is 0 Å². The number of ether oxygens (including phenoxy) is 1. The van der Waals surface area contributed by atoms with Crippen molar-refractivity contribution in [2.45, 2.75) is 6.42 Å². The van der Waals surface area contributed by atoms with E-state index in [1.807, 2.05) is 0 Å². The van der Waals surface area contributed by atoms with Gasteiger partial charge >= 0.3 is 18.1 Å². The van der Waals surface area contributed by atoms with E-state index in [0.29, 0.717) is 0 Å². The van der Waals surface area contributed by atoms with E-state index in [1.54, 1.807) is 0 Å². The van der Waals surface area contributed by atoms with E-state index in [1.165, 1.54) is 11.9 Å². The fraction of sp³-hybridized carbons (Fsp3) is 0.625. The summed E-state index contributed by atoms with van der Waals surface area (Å²) in [5.74, 6) is -0.975. The first-order valence-electron chi connectivity index (χ1n) is 4.56. The van der Waals surface area contributed by atoms with Gasteiger partial charge in [-0.15, -0.1) is 0 Å². The average Bonchev–Trinajstić information content (AvgIpc) is 2.20. The molecule has 0 heterocycles. The first kappa shape index (κ1) is 14.0. The molecular formula is C8H15N3O5. The third-order valence-electron chi connectivity index (χ3n) is 1.63. The van der Waals surface area contributed by atoms with Crippen LogP contribution in [0.2, 0.25) is 0 Å². The number of carbonyl (C=O) groups excluding carboxylic acids is 2. The van der Waals surface area contributed by atoms with Crippen molar-refractivity contribution in [3.8, 4) is 0 Å². The Labute approximate surface area is 92.3 Å². The number of nitrogens with one attached hydrogen (secondary N) is 1. The Kier molecular flexibility index (Phi) is 6.41. The highest BCUT2D eigenvalue weighted by molar-refractivity contribution is 5.75. The van der Waals surface area contributed by atoms with Crippen molar-refractivity contribution < 1.29 is 24.2 Å². The van der Waals surface area contributed by atoms with Gasteiger partial charge in [0.1, 0.15) is 6.61 Å². The minimum Gasteiger partial charge on any atom is -0.481 e. The quantitative estimate of drug-likeness (QED) is 0.518. The fourth-order valence-corrected chi connectivity index (χ4v) is 0.809. The molecule has 0 spiro atoms. The number of primary amides is 1. The largest absolute Gasteiger partial charge is 0.481 e. The zero-order chi connectivity index (χ0) is 12.6. The van der Waals surface area contributed by atoms with Crippen LogP contribution in [0.25, 0.3) is 0 Å². The first-order chi connectivity index (χ1) is 7.43. The number of nitrogens with zero attached hydrogens (tertiary/aromatic N) is 1. The van der Waals surface area contributed by atoms with E-state index in [9.17, 15) is 14.4 Å². The van der Waals surface area contributed by atoms with Crippen LogP contribution in [0.3, 0.4) is 0 Å². The molecule has 0 radical (unpaired) electrons. The van der Waals surface area contributed by atoms with Crippen LogP contribution in [0.5, 0.6) is 0 Å². The standard InChI is InChI=1S/C8H15N3O5/c1-11(4-2-6(12)13)8(15)10-3-5-16-7(9)14/h2-5H2,1H3,(H2,9,14)(H,10,15)(H,12,13). The summed E-state index contributed by atoms with van der Waals surface area (Å²) in [5, 5.41) is 10.8. The van der Waals surface area contributed by atoms with Crippen molar-refractivity contribution in [1.29, 1.82) is 0 Å². The van der Waals surface area contributed by atoms with Gasteiger partial charge in [-0.25, -0.2) is 9.59 Å². The van der Waals surface area contributed by atoms with Gasteiger partial charge in [-0.1, -0.05) is 0 Å². The lowest BCUT2D eigenvalue weighted by atomic mass is 10.4. The summed E-state index contributed by atoms with van der Waals surface area (Å²) < 4.78 is 4.38. The van der Waals surface area contributed by atoms with Crippen molar-refractivity contribution >= 4 is 18.1 Å². The lowest BCUT2D eigenvalue weighted by Crippen LogP contribution is -2.40. The summed E-state index contributed by atoms with van der Waals surface area (Å²) in [6.07, 6.45) is -1.03. The Morgan fingerprint density at radius 3 is 2.56 bits per heavy atom. The summed E-state index contributed by atoms with van der Waals surface area (Å²) >= 11 is 0. The molecule has 8 nitrogen and oxygen atoms in total. The summed E-state index contributed by atoms with van der Waals surface area (Å²) in [7, 11) is 1.47. The summed E-state index contributed by atoms with van der Waals surface area (Å²) in [5.41, 5.74) is 4.70. The van der Waals surface area contributed by atoms with Crippen LogP contribution >= 0.6 is 0 Å². The third-order valence-corrected chi connectivity index (χ3v) is 1.63. The van der Waals surface area contributed by atoms with Crippen LogP contribution < -0.4 is 11.1 Å². The predicted octanol–water partition coefficient (Wildman–Crippen LogP) is -0.802. The second kappa shape index (κ2) is 7.32. The monoisotopic (exact) mass is 233 g/mol. The molecule has 0 aromatic rings. The van der Waals surface area contributed by atoms with Crippen molar-refractivity contribution in [2.75, 3.05) is 26.7 Å². The van der Waals surface area contributed by atoms with E-state index in [-0.39, 0.29) is 26.1 Å². The fourth-order valence-electron chi connectivity index (χ4n) is 0.809. The molecule has 4 N–H and O–H groups in total. The minimum atomic E-state index is -0.975. The van der Waals surface area contributed by atoms with Crippen molar-refractivity contribution in [1.82, 2.24) is 10.2 Å². The molecule has 0 aliphatic rings. The van der Waals surface area contributed by atoms with Gasteiger partial charge in [0.15, 0.2) is 0 Å². The number of carboxylic acids is 1. The number of aliphatic carboxylic acids is 1. The Bertz CT molecular complexity index is 268. The van der Waals surface area contributed by atoms with Crippen molar-refractivity contribution in [2.24, 2.45) is 5.73 Å². The van der Waals surface area contributed by atoms with Gasteiger partial charge < -0.3 is 25.8 Å². The molecule has 3 amide bonds. The highest BCUT2D eigenvalue weighted by Crippen LogP contribution is 1.88. The maximum absolute atomic E-state index is 11.3. The number of nitrogens with two attached hydrogens (primary N) is 1. The summed E-state index contributed by atoms with van der Waals surface area (Å²) in [6.45, 7) is 0.213. The van der Waals surface area contributed by atoms with E-state index in [2.05, 4.69) is 10.1 Å². The van der Waals surface area contributed by atoms with Crippen LogP contribution in [0.4, 0.5) is 9.59 Å². The summed E-state index contributed by atoms with van der Waals surface area (Å²) in [4.78, 5) is 32.9. The smallest absolute Gasteiger partial charge is 0.404 e. The number of amides is 3. The molecule has 8 heteroatoms. The molecule has 0 aromatic heterocycles. The molecule has 0 aliphatic carbocycles. The van der Waals surface area contributed by atoms with Gasteiger partial charge in [-0.05, 0) is 0 Å². The molecule has 16 heavy (non-hydrogen) atoms. The van der Waals surface area contributed by atoms with Crippen LogP contribution in [-0.4, -0.2) is 54.8 Å². The minimum absolute atomic E-state index is 0.0200. The number of carboxylic acid groups (broad SMARTS) is 1. The van der Waals surface area contributed by atoms with E-state index < -0.39 is 18.1 Å². The topological polar surface area (TPSA) is 122 Å². The zero-order valence-electron chi connectivity index (χ0n) is 8.93. The van der Waals surface area contributed by atoms with Crippen molar-refractivity contribution in [3.05, 3.63) is 0 Å². The highest BCUT2D eigenvalue weighted by Gasteiger charge is 2.09. The van der Waals surface area contributed by atoms with Gasteiger partial charge in [0.25, 0.3) is 0 Å². The van der Waals surface area contributed by atoms with Gasteiger partial charge in [0.2, 0.25) is 0 Å². The Morgan fingerprint density at radius 2 is 2.06 bits per heavy atom. The van der Waals surface area contributed by atoms with E-state index in [4.69, 9.17) is 10.8 Å². The number of rotatable bonds is 6. The maximum atomic E-state index is 11.3. The molecule has 0 aliphatic heterocycles. The number of urea groups is 1. The number of carbonyl (C=O) groups is 3. The third kappa shape index (κ3) is 7.42. The number of hydrogen-bond acceptors (Lipinski definition) is 4.